The van der Waals surface area contributed by atoms with Gasteiger partial charge in [-0.1, -0.05) is 12.2 Å². The van der Waals surface area contributed by atoms with Gasteiger partial charge in [0.15, 0.2) is 0 Å². The number of hydrogen-bond acceptors (Lipinski definition) is 2. The molecule has 1 aromatic rings. The van der Waals surface area contributed by atoms with Gasteiger partial charge in [0.05, 0.1) is 0 Å². The Balaban J connectivity index is 1.90. The summed E-state index contributed by atoms with van der Waals surface area (Å²) in [4.78, 5) is 4.71. The number of halogens is 1. The summed E-state index contributed by atoms with van der Waals surface area (Å²) in [5.41, 5.74) is 2.32. The van der Waals surface area contributed by atoms with Crippen molar-refractivity contribution in [2.24, 2.45) is 0 Å². The van der Waals surface area contributed by atoms with Crippen molar-refractivity contribution in [1.29, 1.82) is 0 Å². The standard InChI is InChI=1S/C14H19FN2/c1-12(2)11-16-7-9-17(10-8-16)14-5-3-13(15)4-6-14/h3-6H,1,7-11H2,2H3. The molecule has 17 heavy (non-hydrogen) atoms. The largest absolute Gasteiger partial charge is 0.369 e. The van der Waals surface area contributed by atoms with Crippen LogP contribution in [0.3, 0.4) is 0 Å². The predicted octanol–water partition coefficient (Wildman–Crippen LogP) is 2.52. The zero-order valence-electron chi connectivity index (χ0n) is 10.3. The lowest BCUT2D eigenvalue weighted by atomic mass is 10.2. The van der Waals surface area contributed by atoms with Crippen molar-refractivity contribution in [2.75, 3.05) is 37.6 Å². The second-order valence-electron chi connectivity index (χ2n) is 4.70. The fraction of sp³-hybridized carbons (Fsp3) is 0.429. The molecule has 1 saturated heterocycles. The van der Waals surface area contributed by atoms with Crippen LogP contribution in [0.1, 0.15) is 6.92 Å². The van der Waals surface area contributed by atoms with E-state index in [9.17, 15) is 4.39 Å². The van der Waals surface area contributed by atoms with E-state index in [4.69, 9.17) is 0 Å². The highest BCUT2D eigenvalue weighted by molar-refractivity contribution is 5.46. The van der Waals surface area contributed by atoms with E-state index in [-0.39, 0.29) is 5.82 Å². The summed E-state index contributed by atoms with van der Waals surface area (Å²) >= 11 is 0. The highest BCUT2D eigenvalue weighted by Crippen LogP contribution is 2.17. The van der Waals surface area contributed by atoms with Gasteiger partial charge in [0.25, 0.3) is 0 Å². The highest BCUT2D eigenvalue weighted by Gasteiger charge is 2.16. The fourth-order valence-electron chi connectivity index (χ4n) is 2.20. The Hall–Kier alpha value is -1.35. The van der Waals surface area contributed by atoms with Crippen molar-refractivity contribution in [3.63, 3.8) is 0 Å². The average Bonchev–Trinajstić information content (AvgIpc) is 2.30. The molecule has 1 aliphatic heterocycles. The van der Waals surface area contributed by atoms with Crippen LogP contribution >= 0.6 is 0 Å². The van der Waals surface area contributed by atoms with E-state index in [1.165, 1.54) is 17.7 Å². The van der Waals surface area contributed by atoms with Gasteiger partial charge >= 0.3 is 0 Å². The van der Waals surface area contributed by atoms with E-state index in [2.05, 4.69) is 23.3 Å². The summed E-state index contributed by atoms with van der Waals surface area (Å²) in [6.45, 7) is 11.1. The first kappa shape index (κ1) is 12.1. The Morgan fingerprint density at radius 2 is 1.76 bits per heavy atom. The van der Waals surface area contributed by atoms with Crippen molar-refractivity contribution in [2.45, 2.75) is 6.92 Å². The summed E-state index contributed by atoms with van der Waals surface area (Å²) in [7, 11) is 0. The van der Waals surface area contributed by atoms with E-state index in [0.717, 1.165) is 38.4 Å². The van der Waals surface area contributed by atoms with Crippen LogP contribution in [0.25, 0.3) is 0 Å². The molecule has 0 spiro atoms. The van der Waals surface area contributed by atoms with E-state index >= 15 is 0 Å². The fourth-order valence-corrected chi connectivity index (χ4v) is 2.20. The number of benzene rings is 1. The predicted molar refractivity (Wildman–Crippen MR) is 69.9 cm³/mol. The first-order valence-electron chi connectivity index (χ1n) is 6.02. The molecule has 0 aromatic heterocycles. The van der Waals surface area contributed by atoms with Crippen LogP contribution in [-0.4, -0.2) is 37.6 Å². The molecule has 0 saturated carbocycles. The van der Waals surface area contributed by atoms with Gasteiger partial charge in [0, 0.05) is 38.4 Å². The maximum atomic E-state index is 12.8. The maximum Gasteiger partial charge on any atom is 0.123 e. The summed E-state index contributed by atoms with van der Waals surface area (Å²) in [6, 6.07) is 6.75. The van der Waals surface area contributed by atoms with Gasteiger partial charge in [-0.3, -0.25) is 4.90 Å². The quantitative estimate of drug-likeness (QED) is 0.741. The van der Waals surface area contributed by atoms with E-state index in [1.54, 1.807) is 0 Å². The molecule has 2 nitrogen and oxygen atoms in total. The third-order valence-corrected chi connectivity index (χ3v) is 3.06. The van der Waals surface area contributed by atoms with Crippen molar-refractivity contribution < 1.29 is 4.39 Å². The van der Waals surface area contributed by atoms with Crippen LogP contribution in [0, 0.1) is 5.82 Å². The van der Waals surface area contributed by atoms with Gasteiger partial charge in [0.1, 0.15) is 5.82 Å². The first-order chi connectivity index (χ1) is 8.15. The normalized spacial score (nSPS) is 17.2. The summed E-state index contributed by atoms with van der Waals surface area (Å²) < 4.78 is 12.8. The molecule has 0 bridgehead atoms. The van der Waals surface area contributed by atoms with E-state index in [0.29, 0.717) is 0 Å². The first-order valence-corrected chi connectivity index (χ1v) is 6.02. The lowest BCUT2D eigenvalue weighted by Gasteiger charge is -2.36. The molecule has 92 valence electrons. The Morgan fingerprint density at radius 1 is 1.18 bits per heavy atom. The zero-order valence-corrected chi connectivity index (χ0v) is 10.3. The van der Waals surface area contributed by atoms with E-state index in [1.807, 2.05) is 12.1 Å². The zero-order chi connectivity index (χ0) is 12.3. The second-order valence-corrected chi connectivity index (χ2v) is 4.70. The maximum absolute atomic E-state index is 12.8. The minimum Gasteiger partial charge on any atom is -0.369 e. The van der Waals surface area contributed by atoms with Gasteiger partial charge < -0.3 is 4.90 Å². The Bertz CT molecular complexity index is 378. The Labute approximate surface area is 102 Å². The number of rotatable bonds is 3. The summed E-state index contributed by atoms with van der Waals surface area (Å²) in [5, 5.41) is 0. The molecule has 0 amide bonds. The lowest BCUT2D eigenvalue weighted by Crippen LogP contribution is -2.46. The minimum absolute atomic E-state index is 0.172. The van der Waals surface area contributed by atoms with Gasteiger partial charge in [-0.15, -0.1) is 0 Å². The minimum atomic E-state index is -0.172. The van der Waals surface area contributed by atoms with E-state index < -0.39 is 0 Å². The van der Waals surface area contributed by atoms with Gasteiger partial charge in [-0.25, -0.2) is 4.39 Å². The number of piperazine rings is 1. The molecule has 1 aromatic carbocycles. The molecule has 1 aliphatic rings. The molecule has 3 heteroatoms. The van der Waals surface area contributed by atoms with Crippen LogP contribution in [0.5, 0.6) is 0 Å². The third-order valence-electron chi connectivity index (χ3n) is 3.06. The number of hydrogen-bond donors (Lipinski definition) is 0. The molecular weight excluding hydrogens is 215 g/mol. The van der Waals surface area contributed by atoms with Crippen LogP contribution in [-0.2, 0) is 0 Å². The van der Waals surface area contributed by atoms with Crippen molar-refractivity contribution in [3.8, 4) is 0 Å². The lowest BCUT2D eigenvalue weighted by molar-refractivity contribution is 0.278. The topological polar surface area (TPSA) is 6.48 Å². The molecule has 0 N–H and O–H groups in total. The van der Waals surface area contributed by atoms with Crippen molar-refractivity contribution in [3.05, 3.63) is 42.2 Å². The average molecular weight is 234 g/mol. The SMILES string of the molecule is C=C(C)CN1CCN(c2ccc(F)cc2)CC1. The molecule has 0 unspecified atom stereocenters. The monoisotopic (exact) mass is 234 g/mol. The Morgan fingerprint density at radius 3 is 2.29 bits per heavy atom. The van der Waals surface area contributed by atoms with Crippen molar-refractivity contribution >= 4 is 5.69 Å². The molecule has 0 aliphatic carbocycles. The smallest absolute Gasteiger partial charge is 0.123 e. The van der Waals surface area contributed by atoms with Crippen LogP contribution in [0.15, 0.2) is 36.4 Å². The van der Waals surface area contributed by atoms with Gasteiger partial charge in [-0.05, 0) is 31.2 Å². The highest BCUT2D eigenvalue weighted by atomic mass is 19.1. The summed E-state index contributed by atoms with van der Waals surface area (Å²) in [6.07, 6.45) is 0. The molecule has 0 radical (unpaired) electrons. The second kappa shape index (κ2) is 5.32. The molecule has 0 atom stereocenters. The molecule has 1 heterocycles. The van der Waals surface area contributed by atoms with Crippen LogP contribution in [0.2, 0.25) is 0 Å². The summed E-state index contributed by atoms with van der Waals surface area (Å²) in [5.74, 6) is -0.172. The third kappa shape index (κ3) is 3.30. The molecule has 1 fully saturated rings. The number of anilines is 1. The Kier molecular flexibility index (Phi) is 3.79. The van der Waals surface area contributed by atoms with Gasteiger partial charge in [-0.2, -0.15) is 0 Å². The molecule has 2 rings (SSSR count). The van der Waals surface area contributed by atoms with Gasteiger partial charge in [0.2, 0.25) is 0 Å². The number of nitrogens with zero attached hydrogens (tertiary/aromatic N) is 2. The van der Waals surface area contributed by atoms with Crippen molar-refractivity contribution in [1.82, 2.24) is 4.90 Å². The van der Waals surface area contributed by atoms with Crippen LogP contribution in [0.4, 0.5) is 10.1 Å². The molecular formula is C14H19FN2. The van der Waals surface area contributed by atoms with Crippen LogP contribution < -0.4 is 4.90 Å².